The third-order valence-corrected chi connectivity index (χ3v) is 2.27. The number of nitrogens with one attached hydrogen (secondary N) is 2. The minimum Gasteiger partial charge on any atom is -0.366 e. The van der Waals surface area contributed by atoms with Gasteiger partial charge in [0.05, 0.1) is 6.26 Å². The van der Waals surface area contributed by atoms with Crippen LogP contribution < -0.4 is 10.0 Å². The molecule has 1 rings (SSSR count). The van der Waals surface area contributed by atoms with E-state index in [-0.39, 0.29) is 18.9 Å². The van der Waals surface area contributed by atoms with E-state index in [9.17, 15) is 12.8 Å². The second-order valence-corrected chi connectivity index (χ2v) is 4.76. The highest BCUT2D eigenvalue weighted by molar-refractivity contribution is 7.88. The van der Waals surface area contributed by atoms with Crippen LogP contribution in [-0.4, -0.2) is 32.7 Å². The van der Waals surface area contributed by atoms with E-state index in [1.807, 2.05) is 0 Å². The van der Waals surface area contributed by atoms with Crippen LogP contribution in [0.2, 0.25) is 0 Å². The first-order valence-corrected chi connectivity index (χ1v) is 6.17. The molecule has 0 saturated carbocycles. The maximum atomic E-state index is 13.0. The molecule has 0 radical (unpaired) electrons. The molecule has 1 aromatic heterocycles. The summed E-state index contributed by atoms with van der Waals surface area (Å²) in [6.07, 6.45) is 2.52. The second kappa shape index (κ2) is 5.04. The number of sulfonamides is 1. The number of hydrogen-bond acceptors (Lipinski definition) is 4. The van der Waals surface area contributed by atoms with Gasteiger partial charge in [-0.2, -0.15) is 0 Å². The summed E-state index contributed by atoms with van der Waals surface area (Å²) in [7, 11) is -3.19. The van der Waals surface area contributed by atoms with Crippen molar-refractivity contribution >= 4 is 15.8 Å². The van der Waals surface area contributed by atoms with Gasteiger partial charge in [-0.3, -0.25) is 0 Å². The first kappa shape index (κ1) is 11.9. The van der Waals surface area contributed by atoms with E-state index >= 15 is 0 Å². The molecule has 0 aliphatic carbocycles. The van der Waals surface area contributed by atoms with Crippen LogP contribution in [0.5, 0.6) is 0 Å². The van der Waals surface area contributed by atoms with Crippen molar-refractivity contribution in [2.75, 3.05) is 24.7 Å². The Morgan fingerprint density at radius 3 is 2.80 bits per heavy atom. The van der Waals surface area contributed by atoms with Gasteiger partial charge >= 0.3 is 0 Å². The molecule has 0 aliphatic heterocycles. The van der Waals surface area contributed by atoms with Crippen LogP contribution in [0.25, 0.3) is 0 Å². The lowest BCUT2D eigenvalue weighted by Crippen LogP contribution is -2.27. The average molecular weight is 233 g/mol. The molecule has 0 bridgehead atoms. The van der Waals surface area contributed by atoms with Crippen molar-refractivity contribution in [3.63, 3.8) is 0 Å². The Bertz CT molecular complexity index is 422. The number of aromatic nitrogens is 1. The maximum Gasteiger partial charge on any atom is 0.208 e. The lowest BCUT2D eigenvalue weighted by molar-refractivity contribution is 0.589. The predicted octanol–water partition coefficient (Wildman–Crippen LogP) is 0.182. The third kappa shape index (κ3) is 4.71. The van der Waals surface area contributed by atoms with Crippen LogP contribution >= 0.6 is 0 Å². The molecule has 0 spiro atoms. The van der Waals surface area contributed by atoms with Gasteiger partial charge < -0.3 is 5.32 Å². The maximum absolute atomic E-state index is 13.0. The zero-order valence-electron chi connectivity index (χ0n) is 8.20. The van der Waals surface area contributed by atoms with Gasteiger partial charge in [0.25, 0.3) is 0 Å². The van der Waals surface area contributed by atoms with Crippen LogP contribution in [0.15, 0.2) is 18.3 Å². The van der Waals surface area contributed by atoms with E-state index in [1.54, 1.807) is 0 Å². The third-order valence-electron chi connectivity index (χ3n) is 1.54. The Labute approximate surface area is 87.8 Å². The van der Waals surface area contributed by atoms with Crippen LogP contribution in [-0.2, 0) is 10.0 Å². The van der Waals surface area contributed by atoms with Gasteiger partial charge in [-0.25, -0.2) is 22.5 Å². The Balaban J connectivity index is 2.36. The van der Waals surface area contributed by atoms with Crippen LogP contribution in [0.3, 0.4) is 0 Å². The van der Waals surface area contributed by atoms with Crippen LogP contribution in [0.1, 0.15) is 0 Å². The highest BCUT2D eigenvalue weighted by Gasteiger charge is 2.02. The Hall–Kier alpha value is -1.21. The Kier molecular flexibility index (Phi) is 3.98. The molecule has 0 aromatic carbocycles. The summed E-state index contributed by atoms with van der Waals surface area (Å²) in [6, 6.07) is 2.76. The van der Waals surface area contributed by atoms with E-state index in [2.05, 4.69) is 15.0 Å². The van der Waals surface area contributed by atoms with Gasteiger partial charge in [0.15, 0.2) is 11.6 Å². The van der Waals surface area contributed by atoms with Crippen LogP contribution in [0.4, 0.5) is 10.2 Å². The van der Waals surface area contributed by atoms with Crippen molar-refractivity contribution in [2.24, 2.45) is 0 Å². The first-order valence-electron chi connectivity index (χ1n) is 4.28. The molecule has 84 valence electrons. The molecule has 0 fully saturated rings. The number of nitrogens with zero attached hydrogens (tertiary/aromatic N) is 1. The number of pyridine rings is 1. The fraction of sp³-hybridized carbons (Fsp3) is 0.375. The van der Waals surface area contributed by atoms with Crippen molar-refractivity contribution in [2.45, 2.75) is 0 Å². The summed E-state index contributed by atoms with van der Waals surface area (Å²) in [5.74, 6) is -0.343. The summed E-state index contributed by atoms with van der Waals surface area (Å²) in [5.41, 5.74) is 0. The Morgan fingerprint density at radius 2 is 2.20 bits per heavy atom. The Morgan fingerprint density at radius 1 is 1.47 bits per heavy atom. The molecule has 1 heterocycles. The number of halogens is 1. The number of anilines is 1. The van der Waals surface area contributed by atoms with Gasteiger partial charge in [-0.05, 0) is 12.1 Å². The molecular weight excluding hydrogens is 221 g/mol. The summed E-state index contributed by atoms with van der Waals surface area (Å²) in [4.78, 5) is 3.75. The minimum atomic E-state index is -3.19. The number of hydrogen-bond donors (Lipinski definition) is 2. The smallest absolute Gasteiger partial charge is 0.208 e. The van der Waals surface area contributed by atoms with E-state index in [0.717, 1.165) is 6.26 Å². The lowest BCUT2D eigenvalue weighted by Gasteiger charge is -2.06. The summed E-state index contributed by atoms with van der Waals surface area (Å²) in [5, 5.41) is 2.67. The molecule has 0 unspecified atom stereocenters. The van der Waals surface area contributed by atoms with Crippen molar-refractivity contribution in [1.82, 2.24) is 9.71 Å². The van der Waals surface area contributed by atoms with Gasteiger partial charge in [-0.1, -0.05) is 0 Å². The fourth-order valence-electron chi connectivity index (χ4n) is 0.933. The van der Waals surface area contributed by atoms with Gasteiger partial charge in [0.2, 0.25) is 10.0 Å². The zero-order chi connectivity index (χ0) is 11.3. The standard InChI is InChI=1S/C8H12FN3O2S/c1-15(13,14)12-6-5-11-8-7(9)3-2-4-10-8/h2-4,12H,5-6H2,1H3,(H,10,11). The summed E-state index contributed by atoms with van der Waals surface area (Å²) in [6.45, 7) is 0.468. The quantitative estimate of drug-likeness (QED) is 0.712. The highest BCUT2D eigenvalue weighted by Crippen LogP contribution is 2.06. The second-order valence-electron chi connectivity index (χ2n) is 2.93. The van der Waals surface area contributed by atoms with Crippen molar-refractivity contribution in [1.29, 1.82) is 0 Å². The molecule has 7 heteroatoms. The fourth-order valence-corrected chi connectivity index (χ4v) is 1.41. The molecule has 0 saturated heterocycles. The predicted molar refractivity (Wildman–Crippen MR) is 55.5 cm³/mol. The monoisotopic (exact) mass is 233 g/mol. The molecule has 15 heavy (non-hydrogen) atoms. The number of rotatable bonds is 5. The SMILES string of the molecule is CS(=O)(=O)NCCNc1ncccc1F. The molecule has 2 N–H and O–H groups in total. The van der Waals surface area contributed by atoms with Crippen molar-refractivity contribution in [3.8, 4) is 0 Å². The van der Waals surface area contributed by atoms with Gasteiger partial charge in [0.1, 0.15) is 0 Å². The summed E-state index contributed by atoms with van der Waals surface area (Å²) < 4.78 is 36.6. The zero-order valence-corrected chi connectivity index (χ0v) is 9.01. The van der Waals surface area contributed by atoms with Crippen molar-refractivity contribution in [3.05, 3.63) is 24.1 Å². The summed E-state index contributed by atoms with van der Waals surface area (Å²) >= 11 is 0. The van der Waals surface area contributed by atoms with E-state index in [4.69, 9.17) is 0 Å². The average Bonchev–Trinajstić information content (AvgIpc) is 2.13. The van der Waals surface area contributed by atoms with E-state index < -0.39 is 15.8 Å². The van der Waals surface area contributed by atoms with E-state index in [0.29, 0.717) is 0 Å². The lowest BCUT2D eigenvalue weighted by atomic mass is 10.4. The van der Waals surface area contributed by atoms with E-state index in [1.165, 1.54) is 18.3 Å². The van der Waals surface area contributed by atoms with Crippen molar-refractivity contribution < 1.29 is 12.8 Å². The van der Waals surface area contributed by atoms with Gasteiger partial charge in [0, 0.05) is 19.3 Å². The molecule has 0 atom stereocenters. The minimum absolute atomic E-state index is 0.118. The molecule has 0 amide bonds. The molecular formula is C8H12FN3O2S. The molecule has 5 nitrogen and oxygen atoms in total. The van der Waals surface area contributed by atoms with Crippen LogP contribution in [0, 0.1) is 5.82 Å². The largest absolute Gasteiger partial charge is 0.366 e. The normalized spacial score (nSPS) is 11.3. The topological polar surface area (TPSA) is 71.1 Å². The molecule has 0 aliphatic rings. The molecule has 1 aromatic rings. The first-order chi connectivity index (χ1) is 6.99. The highest BCUT2D eigenvalue weighted by atomic mass is 32.2. The van der Waals surface area contributed by atoms with Gasteiger partial charge in [-0.15, -0.1) is 0 Å².